The van der Waals surface area contributed by atoms with Gasteiger partial charge in [0.05, 0.1) is 9.82 Å². The number of rotatable bonds is 4. The van der Waals surface area contributed by atoms with Crippen molar-refractivity contribution in [2.75, 3.05) is 26.2 Å². The first-order chi connectivity index (χ1) is 15.2. The van der Waals surface area contributed by atoms with E-state index >= 15 is 0 Å². The molecule has 11 heteroatoms. The SMILES string of the molecule is O=C(Oc1ccc([N+](=O)[O-])cc1)N1CCN(S(=O)(=O)c2ccc3cc(Cl)ccc3c2)CC1. The van der Waals surface area contributed by atoms with Crippen LogP contribution in [0, 0.1) is 10.1 Å². The maximum atomic E-state index is 13.1. The summed E-state index contributed by atoms with van der Waals surface area (Å²) in [6, 6.07) is 15.3. The van der Waals surface area contributed by atoms with Gasteiger partial charge in [-0.25, -0.2) is 13.2 Å². The Morgan fingerprint density at radius 1 is 0.938 bits per heavy atom. The van der Waals surface area contributed by atoms with Gasteiger partial charge >= 0.3 is 6.09 Å². The molecule has 3 aromatic rings. The van der Waals surface area contributed by atoms with Gasteiger partial charge in [-0.3, -0.25) is 10.1 Å². The van der Waals surface area contributed by atoms with Crippen LogP contribution in [0.3, 0.4) is 0 Å². The highest BCUT2D eigenvalue weighted by Crippen LogP contribution is 2.25. The topological polar surface area (TPSA) is 110 Å². The van der Waals surface area contributed by atoms with E-state index in [4.69, 9.17) is 16.3 Å². The van der Waals surface area contributed by atoms with E-state index in [0.717, 1.165) is 10.8 Å². The Morgan fingerprint density at radius 2 is 1.56 bits per heavy atom. The summed E-state index contributed by atoms with van der Waals surface area (Å²) in [5.41, 5.74) is -0.111. The number of ether oxygens (including phenoxy) is 1. The average Bonchev–Trinajstić information content (AvgIpc) is 2.79. The maximum Gasteiger partial charge on any atom is 0.415 e. The van der Waals surface area contributed by atoms with Crippen molar-refractivity contribution >= 4 is 44.2 Å². The Labute approximate surface area is 189 Å². The molecule has 166 valence electrons. The first kappa shape index (κ1) is 22.0. The largest absolute Gasteiger partial charge is 0.415 e. The minimum Gasteiger partial charge on any atom is -0.410 e. The lowest BCUT2D eigenvalue weighted by molar-refractivity contribution is -0.384. The number of nitrogens with zero attached hydrogens (tertiary/aromatic N) is 3. The van der Waals surface area contributed by atoms with E-state index < -0.39 is 21.0 Å². The molecule has 1 aliphatic heterocycles. The summed E-state index contributed by atoms with van der Waals surface area (Å²) >= 11 is 5.98. The standard InChI is InChI=1S/C21H18ClN3O6S/c22-17-3-1-16-14-20(8-2-15(16)13-17)32(29,30)24-11-9-23(10-12-24)21(26)31-19-6-4-18(5-7-19)25(27)28/h1-8,13-14H,9-12H2. The number of amides is 1. The molecular weight excluding hydrogens is 458 g/mol. The molecule has 9 nitrogen and oxygen atoms in total. The van der Waals surface area contributed by atoms with Gasteiger partial charge in [-0.1, -0.05) is 23.7 Å². The molecule has 0 spiro atoms. The van der Waals surface area contributed by atoms with Crippen LogP contribution in [0.5, 0.6) is 5.75 Å². The number of piperazine rings is 1. The van der Waals surface area contributed by atoms with E-state index in [0.29, 0.717) is 5.02 Å². The monoisotopic (exact) mass is 475 g/mol. The highest BCUT2D eigenvalue weighted by molar-refractivity contribution is 7.89. The third-order valence-electron chi connectivity index (χ3n) is 5.16. The first-order valence-electron chi connectivity index (χ1n) is 9.65. The van der Waals surface area contributed by atoms with Crippen LogP contribution in [-0.4, -0.2) is 54.8 Å². The van der Waals surface area contributed by atoms with E-state index in [1.54, 1.807) is 36.4 Å². The van der Waals surface area contributed by atoms with Crippen molar-refractivity contribution in [3.63, 3.8) is 0 Å². The zero-order valence-electron chi connectivity index (χ0n) is 16.7. The van der Waals surface area contributed by atoms with Gasteiger partial charge < -0.3 is 9.64 Å². The molecule has 1 heterocycles. The van der Waals surface area contributed by atoms with E-state index in [1.807, 2.05) is 0 Å². The number of non-ortho nitro benzene ring substituents is 1. The number of nitro benzene ring substituents is 1. The van der Waals surface area contributed by atoms with Crippen molar-refractivity contribution in [1.82, 2.24) is 9.21 Å². The molecule has 0 atom stereocenters. The number of halogens is 1. The first-order valence-corrected chi connectivity index (χ1v) is 11.5. The lowest BCUT2D eigenvalue weighted by atomic mass is 10.1. The van der Waals surface area contributed by atoms with Crippen LogP contribution in [0.2, 0.25) is 5.02 Å². The fourth-order valence-corrected chi connectivity index (χ4v) is 5.06. The molecule has 4 rings (SSSR count). The molecule has 0 aliphatic carbocycles. The van der Waals surface area contributed by atoms with Gasteiger partial charge in [-0.2, -0.15) is 4.31 Å². The lowest BCUT2D eigenvalue weighted by Crippen LogP contribution is -2.51. The summed E-state index contributed by atoms with van der Waals surface area (Å²) in [7, 11) is -3.73. The molecule has 1 fully saturated rings. The molecule has 3 aromatic carbocycles. The summed E-state index contributed by atoms with van der Waals surface area (Å²) in [5, 5.41) is 12.9. The van der Waals surface area contributed by atoms with Crippen LogP contribution in [0.1, 0.15) is 0 Å². The molecule has 0 unspecified atom stereocenters. The van der Waals surface area contributed by atoms with Crippen molar-refractivity contribution < 1.29 is 22.9 Å². The highest BCUT2D eigenvalue weighted by atomic mass is 35.5. The smallest absolute Gasteiger partial charge is 0.410 e. The molecule has 1 amide bonds. The van der Waals surface area contributed by atoms with Crippen LogP contribution in [0.25, 0.3) is 10.8 Å². The van der Waals surface area contributed by atoms with Crippen molar-refractivity contribution in [2.45, 2.75) is 4.90 Å². The molecule has 1 saturated heterocycles. The number of hydrogen-bond donors (Lipinski definition) is 0. The second-order valence-electron chi connectivity index (χ2n) is 7.16. The molecule has 0 saturated carbocycles. The normalized spacial score (nSPS) is 15.0. The molecule has 0 aromatic heterocycles. The second-order valence-corrected chi connectivity index (χ2v) is 9.54. The highest BCUT2D eigenvalue weighted by Gasteiger charge is 2.31. The van der Waals surface area contributed by atoms with Gasteiger partial charge in [0.2, 0.25) is 10.0 Å². The zero-order valence-corrected chi connectivity index (χ0v) is 18.3. The number of nitro groups is 1. The van der Waals surface area contributed by atoms with Gasteiger partial charge in [-0.05, 0) is 47.2 Å². The van der Waals surface area contributed by atoms with Crippen molar-refractivity contribution in [1.29, 1.82) is 0 Å². The Balaban J connectivity index is 1.40. The molecule has 32 heavy (non-hydrogen) atoms. The van der Waals surface area contributed by atoms with Gasteiger partial charge in [0.15, 0.2) is 0 Å². The number of hydrogen-bond acceptors (Lipinski definition) is 6. The summed E-state index contributed by atoms with van der Waals surface area (Å²) in [6.07, 6.45) is -0.640. The van der Waals surface area contributed by atoms with Crippen LogP contribution >= 0.6 is 11.6 Å². The fourth-order valence-electron chi connectivity index (χ4n) is 3.42. The third-order valence-corrected chi connectivity index (χ3v) is 7.29. The third kappa shape index (κ3) is 4.52. The second kappa shape index (κ2) is 8.73. The van der Waals surface area contributed by atoms with Crippen LogP contribution < -0.4 is 4.74 Å². The summed E-state index contributed by atoms with van der Waals surface area (Å²) in [6.45, 7) is 0.565. The van der Waals surface area contributed by atoms with Crippen molar-refractivity contribution in [2.24, 2.45) is 0 Å². The predicted molar refractivity (Wildman–Crippen MR) is 118 cm³/mol. The number of benzene rings is 3. The number of sulfonamides is 1. The average molecular weight is 476 g/mol. The predicted octanol–water partition coefficient (Wildman–Crippen LogP) is 3.91. The minimum absolute atomic E-state index is 0.111. The molecule has 0 radical (unpaired) electrons. The van der Waals surface area contributed by atoms with E-state index in [1.165, 1.54) is 33.5 Å². The van der Waals surface area contributed by atoms with E-state index in [-0.39, 0.29) is 42.5 Å². The van der Waals surface area contributed by atoms with Crippen LogP contribution in [-0.2, 0) is 10.0 Å². The molecular formula is C21H18ClN3O6S. The van der Waals surface area contributed by atoms with Gasteiger partial charge in [0, 0.05) is 43.3 Å². The van der Waals surface area contributed by atoms with Gasteiger partial charge in [-0.15, -0.1) is 0 Å². The summed E-state index contributed by atoms with van der Waals surface area (Å²) < 4.78 is 32.7. The Morgan fingerprint density at radius 3 is 2.22 bits per heavy atom. The molecule has 1 aliphatic rings. The van der Waals surface area contributed by atoms with Crippen LogP contribution in [0.4, 0.5) is 10.5 Å². The van der Waals surface area contributed by atoms with Gasteiger partial charge in [0.1, 0.15) is 5.75 Å². The number of fused-ring (bicyclic) bond motifs is 1. The quantitative estimate of drug-likeness (QED) is 0.418. The van der Waals surface area contributed by atoms with Gasteiger partial charge in [0.25, 0.3) is 5.69 Å². The number of carbonyl (C=O) groups excluding carboxylic acids is 1. The Kier molecular flexibility index (Phi) is 6.00. The lowest BCUT2D eigenvalue weighted by Gasteiger charge is -2.33. The molecule has 0 N–H and O–H groups in total. The molecule has 0 bridgehead atoms. The fraction of sp³-hybridized carbons (Fsp3) is 0.190. The van der Waals surface area contributed by atoms with Crippen LogP contribution in [0.15, 0.2) is 65.6 Å². The van der Waals surface area contributed by atoms with Crippen molar-refractivity contribution in [3.8, 4) is 5.75 Å². The maximum absolute atomic E-state index is 13.1. The Hall–Kier alpha value is -3.21. The summed E-state index contributed by atoms with van der Waals surface area (Å²) in [4.78, 5) is 24.1. The van der Waals surface area contributed by atoms with E-state index in [9.17, 15) is 23.3 Å². The minimum atomic E-state index is -3.73. The number of carbonyl (C=O) groups is 1. The Bertz CT molecular complexity index is 1290. The van der Waals surface area contributed by atoms with Crippen molar-refractivity contribution in [3.05, 3.63) is 75.8 Å². The zero-order chi connectivity index (χ0) is 22.9. The van der Waals surface area contributed by atoms with E-state index in [2.05, 4.69) is 0 Å². The summed E-state index contributed by atoms with van der Waals surface area (Å²) in [5.74, 6) is 0.173.